The van der Waals surface area contributed by atoms with Gasteiger partial charge in [0.1, 0.15) is 0 Å². The number of hydrogen-bond donors (Lipinski definition) is 2. The van der Waals surface area contributed by atoms with Crippen LogP contribution in [0.25, 0.3) is 0 Å². The van der Waals surface area contributed by atoms with Gasteiger partial charge in [0.25, 0.3) is 5.69 Å². The highest BCUT2D eigenvalue weighted by atomic mass is 16.6. The number of hydrogen-bond acceptors (Lipinski definition) is 6. The van der Waals surface area contributed by atoms with Crippen LogP contribution in [-0.4, -0.2) is 31.0 Å². The third kappa shape index (κ3) is 4.26. The zero-order valence-corrected chi connectivity index (χ0v) is 14.4. The van der Waals surface area contributed by atoms with Crippen LogP contribution < -0.4 is 20.1 Å². The normalized spacial score (nSPS) is 9.96. The number of amides is 2. The molecule has 2 aromatic carbocycles. The number of carbonyl (C=O) groups excluding carboxylic acids is 2. The summed E-state index contributed by atoms with van der Waals surface area (Å²) in [4.78, 5) is 34.4. The van der Waals surface area contributed by atoms with E-state index in [9.17, 15) is 19.7 Å². The van der Waals surface area contributed by atoms with Crippen molar-refractivity contribution in [2.45, 2.75) is 6.92 Å². The minimum Gasteiger partial charge on any atom is -0.493 e. The van der Waals surface area contributed by atoms with Crippen LogP contribution in [-0.2, 0) is 9.59 Å². The number of nitrogens with zero attached hydrogens (tertiary/aromatic N) is 1. The fraction of sp³-hybridized carbons (Fsp3) is 0.176. The lowest BCUT2D eigenvalue weighted by atomic mass is 10.2. The van der Waals surface area contributed by atoms with Gasteiger partial charge in [0.15, 0.2) is 11.5 Å². The number of carbonyl (C=O) groups is 2. The van der Waals surface area contributed by atoms with Crippen LogP contribution in [0.4, 0.5) is 17.1 Å². The van der Waals surface area contributed by atoms with Gasteiger partial charge in [-0.25, -0.2) is 0 Å². The Bertz CT molecular complexity index is 866. The summed E-state index contributed by atoms with van der Waals surface area (Å²) >= 11 is 0. The van der Waals surface area contributed by atoms with E-state index in [0.717, 1.165) is 0 Å². The monoisotopic (exact) mass is 359 g/mol. The summed E-state index contributed by atoms with van der Waals surface area (Å²) in [6, 6.07) is 8.62. The Hall–Kier alpha value is -3.62. The van der Waals surface area contributed by atoms with Gasteiger partial charge in [0, 0.05) is 23.9 Å². The van der Waals surface area contributed by atoms with Gasteiger partial charge >= 0.3 is 11.8 Å². The quantitative estimate of drug-likeness (QED) is 0.481. The number of nitrogens with one attached hydrogen (secondary N) is 2. The predicted molar refractivity (Wildman–Crippen MR) is 94.6 cm³/mol. The van der Waals surface area contributed by atoms with Crippen LogP contribution in [0.2, 0.25) is 0 Å². The van der Waals surface area contributed by atoms with Crippen molar-refractivity contribution in [3.8, 4) is 11.5 Å². The first-order valence-corrected chi connectivity index (χ1v) is 7.45. The lowest BCUT2D eigenvalue weighted by Crippen LogP contribution is -2.29. The largest absolute Gasteiger partial charge is 0.493 e. The topological polar surface area (TPSA) is 120 Å². The zero-order chi connectivity index (χ0) is 19.3. The van der Waals surface area contributed by atoms with Crippen LogP contribution in [0, 0.1) is 17.0 Å². The van der Waals surface area contributed by atoms with E-state index in [4.69, 9.17) is 9.47 Å². The fourth-order valence-electron chi connectivity index (χ4n) is 2.14. The molecule has 9 nitrogen and oxygen atoms in total. The van der Waals surface area contributed by atoms with Crippen molar-refractivity contribution in [2.24, 2.45) is 0 Å². The van der Waals surface area contributed by atoms with Gasteiger partial charge in [-0.3, -0.25) is 19.7 Å². The van der Waals surface area contributed by atoms with Crippen molar-refractivity contribution in [1.82, 2.24) is 0 Å². The minimum atomic E-state index is -0.955. The van der Waals surface area contributed by atoms with Crippen LogP contribution in [0.5, 0.6) is 11.5 Å². The molecule has 0 saturated carbocycles. The van der Waals surface area contributed by atoms with Crippen molar-refractivity contribution in [3.05, 3.63) is 52.1 Å². The third-order valence-corrected chi connectivity index (χ3v) is 3.53. The highest BCUT2D eigenvalue weighted by Crippen LogP contribution is 2.29. The lowest BCUT2D eigenvalue weighted by molar-refractivity contribution is -0.384. The summed E-state index contributed by atoms with van der Waals surface area (Å²) in [6.45, 7) is 1.66. The maximum Gasteiger partial charge on any atom is 0.314 e. The molecule has 0 radical (unpaired) electrons. The summed E-state index contributed by atoms with van der Waals surface area (Å²) < 4.78 is 10.2. The number of rotatable bonds is 5. The molecular weight excluding hydrogens is 342 g/mol. The number of nitro groups is 1. The van der Waals surface area contributed by atoms with E-state index in [1.54, 1.807) is 19.1 Å². The summed E-state index contributed by atoms with van der Waals surface area (Å²) in [5.41, 5.74) is 0.916. The summed E-state index contributed by atoms with van der Waals surface area (Å²) in [6.07, 6.45) is 0. The molecular formula is C17H17N3O6. The van der Waals surface area contributed by atoms with Crippen LogP contribution in [0.3, 0.4) is 0 Å². The van der Waals surface area contributed by atoms with Gasteiger partial charge in [0.05, 0.1) is 24.8 Å². The molecule has 0 aliphatic heterocycles. The number of benzene rings is 2. The molecule has 136 valence electrons. The molecule has 9 heteroatoms. The van der Waals surface area contributed by atoms with E-state index < -0.39 is 16.7 Å². The van der Waals surface area contributed by atoms with Gasteiger partial charge < -0.3 is 20.1 Å². The Morgan fingerprint density at radius 3 is 2.23 bits per heavy atom. The Kier molecular flexibility index (Phi) is 5.74. The average Bonchev–Trinajstić information content (AvgIpc) is 2.62. The molecule has 0 atom stereocenters. The number of ether oxygens (including phenoxy) is 2. The summed E-state index contributed by atoms with van der Waals surface area (Å²) in [7, 11) is 2.92. The molecule has 2 rings (SSSR count). The molecule has 0 fully saturated rings. The number of methoxy groups -OCH3 is 2. The van der Waals surface area contributed by atoms with E-state index >= 15 is 0 Å². The van der Waals surface area contributed by atoms with Crippen LogP contribution >= 0.6 is 0 Å². The molecule has 0 spiro atoms. The maximum absolute atomic E-state index is 12.1. The van der Waals surface area contributed by atoms with Gasteiger partial charge in [-0.05, 0) is 24.6 Å². The van der Waals surface area contributed by atoms with Crippen LogP contribution in [0.1, 0.15) is 5.56 Å². The molecule has 0 heterocycles. The molecule has 0 aliphatic carbocycles. The zero-order valence-electron chi connectivity index (χ0n) is 14.4. The van der Waals surface area contributed by atoms with E-state index in [1.807, 2.05) is 0 Å². The van der Waals surface area contributed by atoms with Crippen molar-refractivity contribution >= 4 is 28.9 Å². The second kappa shape index (κ2) is 7.97. The molecule has 2 amide bonds. The Balaban J connectivity index is 2.12. The fourth-order valence-corrected chi connectivity index (χ4v) is 2.14. The van der Waals surface area contributed by atoms with E-state index in [1.165, 1.54) is 38.5 Å². The summed E-state index contributed by atoms with van der Waals surface area (Å²) in [5.74, 6) is -1.02. The van der Waals surface area contributed by atoms with Gasteiger partial charge in [-0.1, -0.05) is 6.07 Å². The van der Waals surface area contributed by atoms with E-state index in [0.29, 0.717) is 22.7 Å². The highest BCUT2D eigenvalue weighted by molar-refractivity contribution is 6.43. The SMILES string of the molecule is COc1ccc(NC(=O)C(=O)Nc2cc([N+](=O)[O-])ccc2C)cc1OC. The van der Waals surface area contributed by atoms with Crippen LogP contribution in [0.15, 0.2) is 36.4 Å². The van der Waals surface area contributed by atoms with Crippen molar-refractivity contribution < 1.29 is 24.0 Å². The number of aryl methyl sites for hydroxylation is 1. The van der Waals surface area contributed by atoms with Crippen molar-refractivity contribution in [3.63, 3.8) is 0 Å². The Labute approximate surface area is 149 Å². The standard InChI is InChI=1S/C17H17N3O6/c1-10-4-6-12(20(23)24)9-13(10)19-17(22)16(21)18-11-5-7-14(25-2)15(8-11)26-3/h4-9H,1-3H3,(H,18,21)(H,19,22). The summed E-state index contributed by atoms with van der Waals surface area (Å²) in [5, 5.41) is 15.6. The highest BCUT2D eigenvalue weighted by Gasteiger charge is 2.17. The third-order valence-electron chi connectivity index (χ3n) is 3.53. The van der Waals surface area contributed by atoms with E-state index in [-0.39, 0.29) is 11.4 Å². The van der Waals surface area contributed by atoms with Gasteiger partial charge in [-0.15, -0.1) is 0 Å². The lowest BCUT2D eigenvalue weighted by Gasteiger charge is -2.11. The second-order valence-electron chi connectivity index (χ2n) is 5.23. The van der Waals surface area contributed by atoms with Crippen molar-refractivity contribution in [2.75, 3.05) is 24.9 Å². The van der Waals surface area contributed by atoms with Gasteiger partial charge in [0.2, 0.25) is 0 Å². The number of anilines is 2. The Morgan fingerprint density at radius 2 is 1.62 bits per heavy atom. The molecule has 2 aromatic rings. The molecule has 0 saturated heterocycles. The molecule has 26 heavy (non-hydrogen) atoms. The molecule has 0 bridgehead atoms. The van der Waals surface area contributed by atoms with Gasteiger partial charge in [-0.2, -0.15) is 0 Å². The first-order valence-electron chi connectivity index (χ1n) is 7.45. The molecule has 0 aliphatic rings. The Morgan fingerprint density at radius 1 is 0.962 bits per heavy atom. The van der Waals surface area contributed by atoms with E-state index in [2.05, 4.69) is 10.6 Å². The molecule has 0 aromatic heterocycles. The first kappa shape index (κ1) is 18.7. The predicted octanol–water partition coefficient (Wildman–Crippen LogP) is 2.50. The first-order chi connectivity index (χ1) is 12.3. The minimum absolute atomic E-state index is 0.187. The molecule has 2 N–H and O–H groups in total. The number of non-ortho nitro benzene ring substituents is 1. The second-order valence-corrected chi connectivity index (χ2v) is 5.23. The number of nitro benzene ring substituents is 1. The maximum atomic E-state index is 12.1. The molecule has 0 unspecified atom stereocenters. The van der Waals surface area contributed by atoms with Crippen molar-refractivity contribution in [1.29, 1.82) is 0 Å². The smallest absolute Gasteiger partial charge is 0.314 e. The average molecular weight is 359 g/mol.